The Bertz CT molecular complexity index is 871. The van der Waals surface area contributed by atoms with E-state index >= 15 is 0 Å². The van der Waals surface area contributed by atoms with Crippen LogP contribution in [-0.4, -0.2) is 42.0 Å². The van der Waals surface area contributed by atoms with Gasteiger partial charge in [-0.2, -0.15) is 5.10 Å². The number of fused-ring (bicyclic) bond motifs is 1. The number of anilines is 2. The van der Waals surface area contributed by atoms with Crippen molar-refractivity contribution >= 4 is 23.5 Å². The van der Waals surface area contributed by atoms with Gasteiger partial charge in [0, 0.05) is 26.1 Å². The van der Waals surface area contributed by atoms with Crippen LogP contribution in [0.25, 0.3) is 0 Å². The average molecular weight is 372 g/mol. The van der Waals surface area contributed by atoms with Gasteiger partial charge in [-0.1, -0.05) is 13.8 Å². The molecule has 0 atom stereocenters. The molecular weight excluding hydrogens is 352 g/mol. The third kappa shape index (κ3) is 4.05. The van der Waals surface area contributed by atoms with E-state index in [0.717, 1.165) is 5.82 Å². The van der Waals surface area contributed by atoms with Crippen molar-refractivity contribution in [2.45, 2.75) is 19.8 Å². The summed E-state index contributed by atoms with van der Waals surface area (Å²) < 4.78 is 10.5. The van der Waals surface area contributed by atoms with Crippen LogP contribution in [-0.2, 0) is 0 Å². The molecule has 0 bridgehead atoms. The lowest BCUT2D eigenvalue weighted by Crippen LogP contribution is -2.13. The summed E-state index contributed by atoms with van der Waals surface area (Å²) in [5.74, 6) is 2.84. The maximum absolute atomic E-state index is 11.3. The minimum Gasteiger partial charge on any atom is -0.454 e. The quantitative estimate of drug-likeness (QED) is 0.467. The molecule has 2 aromatic rings. The number of benzene rings is 1. The van der Waals surface area contributed by atoms with E-state index in [1.807, 2.05) is 32.8 Å². The van der Waals surface area contributed by atoms with Crippen molar-refractivity contribution in [1.29, 1.82) is 0 Å². The van der Waals surface area contributed by atoms with Crippen molar-refractivity contribution in [2.75, 3.05) is 31.2 Å². The average Bonchev–Trinajstić information content (AvgIpc) is 3.08. The molecule has 1 aliphatic heterocycles. The molecule has 2 heterocycles. The van der Waals surface area contributed by atoms with E-state index in [4.69, 9.17) is 9.47 Å². The van der Waals surface area contributed by atoms with E-state index in [-0.39, 0.29) is 18.4 Å². The van der Waals surface area contributed by atoms with Crippen LogP contribution < -0.4 is 19.8 Å². The van der Waals surface area contributed by atoms with Crippen LogP contribution in [0.5, 0.6) is 11.5 Å². The van der Waals surface area contributed by atoms with Crippen molar-refractivity contribution in [2.24, 2.45) is 5.10 Å². The first-order valence-corrected chi connectivity index (χ1v) is 8.28. The van der Waals surface area contributed by atoms with Gasteiger partial charge in [0.05, 0.1) is 22.8 Å². The van der Waals surface area contributed by atoms with E-state index < -0.39 is 4.92 Å². The monoisotopic (exact) mass is 372 g/mol. The molecule has 1 N–H and O–H groups in total. The number of aromatic nitrogens is 2. The molecule has 0 saturated heterocycles. The molecular formula is C17H20N6O4. The van der Waals surface area contributed by atoms with E-state index in [1.165, 1.54) is 18.3 Å². The van der Waals surface area contributed by atoms with Gasteiger partial charge < -0.3 is 14.4 Å². The van der Waals surface area contributed by atoms with Crippen molar-refractivity contribution < 1.29 is 14.4 Å². The second-order valence-corrected chi connectivity index (χ2v) is 6.41. The third-order valence-electron chi connectivity index (χ3n) is 3.81. The summed E-state index contributed by atoms with van der Waals surface area (Å²) in [7, 11) is 3.77. The summed E-state index contributed by atoms with van der Waals surface area (Å²) in [6.45, 7) is 4.03. The fourth-order valence-electron chi connectivity index (χ4n) is 2.37. The highest BCUT2D eigenvalue weighted by molar-refractivity contribution is 5.87. The van der Waals surface area contributed by atoms with Crippen molar-refractivity contribution in [1.82, 2.24) is 9.97 Å². The Morgan fingerprint density at radius 3 is 2.59 bits per heavy atom. The summed E-state index contributed by atoms with van der Waals surface area (Å²) in [6.07, 6.45) is 1.35. The number of nitro groups is 1. The minimum absolute atomic E-state index is 0.0392. The van der Waals surface area contributed by atoms with Crippen LogP contribution in [0.3, 0.4) is 0 Å². The molecule has 1 aliphatic rings. The summed E-state index contributed by atoms with van der Waals surface area (Å²) in [4.78, 5) is 21.6. The standard InChI is InChI=1S/C17H20N6O4/c1-10(2)17-19-15(7-16(20-17)22(3)4)21-18-8-11-5-13-14(27-9-26-13)6-12(11)23(24)25/h5-8,10H,9H2,1-4H3,(H,19,20,21)/b18-8+. The molecule has 0 saturated carbocycles. The molecule has 142 valence electrons. The molecule has 0 unspecified atom stereocenters. The number of ether oxygens (including phenoxy) is 2. The maximum atomic E-state index is 11.3. The Morgan fingerprint density at radius 2 is 1.96 bits per heavy atom. The maximum Gasteiger partial charge on any atom is 0.282 e. The summed E-state index contributed by atoms with van der Waals surface area (Å²) >= 11 is 0. The van der Waals surface area contributed by atoms with Gasteiger partial charge in [-0.15, -0.1) is 0 Å². The predicted octanol–water partition coefficient (Wildman–Crippen LogP) is 2.75. The molecule has 0 spiro atoms. The minimum atomic E-state index is -0.491. The number of nitrogens with zero attached hydrogens (tertiary/aromatic N) is 5. The highest BCUT2D eigenvalue weighted by atomic mass is 16.7. The number of hydrogen-bond acceptors (Lipinski definition) is 9. The largest absolute Gasteiger partial charge is 0.454 e. The molecule has 1 aromatic heterocycles. The Hall–Kier alpha value is -3.43. The predicted molar refractivity (Wildman–Crippen MR) is 101 cm³/mol. The smallest absolute Gasteiger partial charge is 0.282 e. The van der Waals surface area contributed by atoms with Crippen LogP contribution in [0, 0.1) is 10.1 Å². The van der Waals surface area contributed by atoms with Crippen molar-refractivity contribution in [3.8, 4) is 11.5 Å². The lowest BCUT2D eigenvalue weighted by atomic mass is 10.1. The molecule has 0 radical (unpaired) electrons. The molecule has 0 aliphatic carbocycles. The fraction of sp³-hybridized carbons (Fsp3) is 0.353. The SMILES string of the molecule is CC(C)c1nc(N/N=C/c2cc3c(cc2[N+](=O)[O-])OCO3)cc(N(C)C)n1. The summed E-state index contributed by atoms with van der Waals surface area (Å²) in [5.41, 5.74) is 2.99. The van der Waals surface area contributed by atoms with Crippen LogP contribution >= 0.6 is 0 Å². The Morgan fingerprint density at radius 1 is 1.26 bits per heavy atom. The van der Waals surface area contributed by atoms with Gasteiger partial charge in [0.1, 0.15) is 11.6 Å². The van der Waals surface area contributed by atoms with E-state index in [0.29, 0.717) is 28.7 Å². The van der Waals surface area contributed by atoms with Gasteiger partial charge in [-0.25, -0.2) is 9.97 Å². The lowest BCUT2D eigenvalue weighted by Gasteiger charge is -2.15. The van der Waals surface area contributed by atoms with E-state index in [2.05, 4.69) is 20.5 Å². The highest BCUT2D eigenvalue weighted by Crippen LogP contribution is 2.37. The van der Waals surface area contributed by atoms with Gasteiger partial charge in [0.25, 0.3) is 5.69 Å². The molecule has 27 heavy (non-hydrogen) atoms. The van der Waals surface area contributed by atoms with Crippen LogP contribution in [0.1, 0.15) is 31.2 Å². The summed E-state index contributed by atoms with van der Waals surface area (Å²) in [6, 6.07) is 4.60. The lowest BCUT2D eigenvalue weighted by molar-refractivity contribution is -0.385. The highest BCUT2D eigenvalue weighted by Gasteiger charge is 2.22. The molecule has 1 aromatic carbocycles. The van der Waals surface area contributed by atoms with Gasteiger partial charge in [-0.3, -0.25) is 15.5 Å². The first kappa shape index (κ1) is 18.4. The molecule has 10 nitrogen and oxygen atoms in total. The second-order valence-electron chi connectivity index (χ2n) is 6.41. The van der Waals surface area contributed by atoms with E-state index in [1.54, 1.807) is 6.07 Å². The fourth-order valence-corrected chi connectivity index (χ4v) is 2.37. The number of rotatable bonds is 6. The third-order valence-corrected chi connectivity index (χ3v) is 3.81. The second kappa shape index (κ2) is 7.44. The first-order chi connectivity index (χ1) is 12.8. The van der Waals surface area contributed by atoms with Crippen LogP contribution in [0.15, 0.2) is 23.3 Å². The van der Waals surface area contributed by atoms with E-state index in [9.17, 15) is 10.1 Å². The van der Waals surface area contributed by atoms with Crippen LogP contribution in [0.2, 0.25) is 0 Å². The molecule has 0 fully saturated rings. The van der Waals surface area contributed by atoms with Gasteiger partial charge in [0.2, 0.25) is 6.79 Å². The Labute approximate surface area is 156 Å². The Balaban J connectivity index is 1.87. The zero-order chi connectivity index (χ0) is 19.6. The normalized spacial score (nSPS) is 12.6. The zero-order valence-electron chi connectivity index (χ0n) is 15.5. The van der Waals surface area contributed by atoms with Gasteiger partial charge >= 0.3 is 0 Å². The van der Waals surface area contributed by atoms with Gasteiger partial charge in [0.15, 0.2) is 17.3 Å². The van der Waals surface area contributed by atoms with Crippen molar-refractivity contribution in [3.05, 3.63) is 39.7 Å². The first-order valence-electron chi connectivity index (χ1n) is 8.28. The molecule has 3 rings (SSSR count). The van der Waals surface area contributed by atoms with Crippen LogP contribution in [0.4, 0.5) is 17.3 Å². The zero-order valence-corrected chi connectivity index (χ0v) is 15.5. The number of nitrogens with one attached hydrogen (secondary N) is 1. The topological polar surface area (TPSA) is 115 Å². The number of hydrogen-bond donors (Lipinski definition) is 1. The summed E-state index contributed by atoms with van der Waals surface area (Å²) in [5, 5.41) is 15.4. The number of hydrazone groups is 1. The Kier molecular flexibility index (Phi) is 5.06. The van der Waals surface area contributed by atoms with Crippen molar-refractivity contribution in [3.63, 3.8) is 0 Å². The molecule has 10 heteroatoms. The van der Waals surface area contributed by atoms with Gasteiger partial charge in [-0.05, 0) is 6.07 Å². The molecule has 0 amide bonds. The number of nitro benzene ring substituents is 1.